The number of nitrogens with zero attached hydrogens (tertiary/aromatic N) is 2. The maximum Gasteiger partial charge on any atom is 0.258 e. The number of amides is 1. The van der Waals surface area contributed by atoms with Gasteiger partial charge in [-0.15, -0.1) is 0 Å². The lowest BCUT2D eigenvalue weighted by atomic mass is 10.2. The SMILES string of the molecule is O=C(COc1ccc(Cl)cc1Cl)N[C@H]1CCN(c2ccccn2)C1. The molecule has 24 heavy (non-hydrogen) atoms. The second-order valence-electron chi connectivity index (χ2n) is 5.55. The molecule has 1 fully saturated rings. The Kier molecular flexibility index (Phi) is 5.43. The van der Waals surface area contributed by atoms with Gasteiger partial charge in [0.1, 0.15) is 11.6 Å². The molecule has 1 atom stereocenters. The standard InChI is InChI=1S/C17H17Cl2N3O2/c18-12-4-5-15(14(19)9-12)24-11-17(23)21-13-6-8-22(10-13)16-3-1-2-7-20-16/h1-5,7,9,13H,6,8,10-11H2,(H,21,23)/t13-/m0/s1. The third-order valence-corrected chi connectivity index (χ3v) is 4.31. The minimum atomic E-state index is -0.172. The van der Waals surface area contributed by atoms with E-state index in [0.717, 1.165) is 25.3 Å². The molecule has 0 bridgehead atoms. The summed E-state index contributed by atoms with van der Waals surface area (Å²) in [4.78, 5) is 18.5. The summed E-state index contributed by atoms with van der Waals surface area (Å²) in [7, 11) is 0. The van der Waals surface area contributed by atoms with Crippen LogP contribution < -0.4 is 15.0 Å². The van der Waals surface area contributed by atoms with Crippen LogP contribution in [0, 0.1) is 0 Å². The molecule has 1 aromatic carbocycles. The van der Waals surface area contributed by atoms with Crippen LogP contribution in [0.5, 0.6) is 5.75 Å². The Bertz CT molecular complexity index is 712. The number of hydrogen-bond donors (Lipinski definition) is 1. The average molecular weight is 366 g/mol. The second kappa shape index (κ2) is 7.73. The van der Waals surface area contributed by atoms with Crippen molar-refractivity contribution in [1.29, 1.82) is 0 Å². The normalized spacial score (nSPS) is 16.9. The molecular weight excluding hydrogens is 349 g/mol. The molecule has 0 aliphatic carbocycles. The quantitative estimate of drug-likeness (QED) is 0.883. The molecule has 126 valence electrons. The van der Waals surface area contributed by atoms with Crippen molar-refractivity contribution < 1.29 is 9.53 Å². The molecule has 1 N–H and O–H groups in total. The molecule has 1 aliphatic rings. The van der Waals surface area contributed by atoms with Crippen LogP contribution in [-0.4, -0.2) is 36.6 Å². The molecule has 2 aromatic rings. The fourth-order valence-electron chi connectivity index (χ4n) is 2.63. The van der Waals surface area contributed by atoms with Crippen LogP contribution in [0.3, 0.4) is 0 Å². The number of halogens is 2. The van der Waals surface area contributed by atoms with Gasteiger partial charge in [0, 0.05) is 30.4 Å². The van der Waals surface area contributed by atoms with E-state index in [1.165, 1.54) is 0 Å². The second-order valence-corrected chi connectivity index (χ2v) is 6.39. The van der Waals surface area contributed by atoms with Gasteiger partial charge >= 0.3 is 0 Å². The first-order valence-corrected chi connectivity index (χ1v) is 8.40. The minimum absolute atomic E-state index is 0.0819. The molecule has 1 aliphatic heterocycles. The van der Waals surface area contributed by atoms with Gasteiger partial charge in [-0.1, -0.05) is 29.3 Å². The van der Waals surface area contributed by atoms with Gasteiger partial charge in [-0.05, 0) is 36.8 Å². The fraction of sp³-hybridized carbons (Fsp3) is 0.294. The highest BCUT2D eigenvalue weighted by molar-refractivity contribution is 6.35. The summed E-state index contributed by atoms with van der Waals surface area (Å²) in [5, 5.41) is 3.89. The summed E-state index contributed by atoms with van der Waals surface area (Å²) < 4.78 is 5.45. The number of anilines is 1. The maximum atomic E-state index is 12.1. The summed E-state index contributed by atoms with van der Waals surface area (Å²) in [6.45, 7) is 1.53. The molecule has 1 saturated heterocycles. The van der Waals surface area contributed by atoms with Crippen LogP contribution in [0.15, 0.2) is 42.6 Å². The summed E-state index contributed by atoms with van der Waals surface area (Å²) in [6, 6.07) is 10.8. The van der Waals surface area contributed by atoms with E-state index in [1.54, 1.807) is 24.4 Å². The lowest BCUT2D eigenvalue weighted by molar-refractivity contribution is -0.123. The van der Waals surface area contributed by atoms with Crippen LogP contribution in [-0.2, 0) is 4.79 Å². The van der Waals surface area contributed by atoms with Crippen LogP contribution in [0.2, 0.25) is 10.0 Å². The smallest absolute Gasteiger partial charge is 0.258 e. The van der Waals surface area contributed by atoms with Crippen LogP contribution in [0.4, 0.5) is 5.82 Å². The summed E-state index contributed by atoms with van der Waals surface area (Å²) in [6.07, 6.45) is 2.65. The molecule has 0 spiro atoms. The Morgan fingerprint density at radius 1 is 1.33 bits per heavy atom. The van der Waals surface area contributed by atoms with Gasteiger partial charge in [-0.2, -0.15) is 0 Å². The Hall–Kier alpha value is -1.98. The number of rotatable bonds is 5. The number of nitrogens with one attached hydrogen (secondary N) is 1. The van der Waals surface area contributed by atoms with Gasteiger partial charge in [-0.3, -0.25) is 4.79 Å². The molecule has 0 unspecified atom stereocenters. The van der Waals surface area contributed by atoms with E-state index in [2.05, 4.69) is 15.2 Å². The van der Waals surface area contributed by atoms with Crippen molar-refractivity contribution in [3.05, 3.63) is 52.6 Å². The third-order valence-electron chi connectivity index (χ3n) is 3.78. The third kappa shape index (κ3) is 4.30. The highest BCUT2D eigenvalue weighted by Gasteiger charge is 2.24. The number of pyridine rings is 1. The summed E-state index contributed by atoms with van der Waals surface area (Å²) in [5.74, 6) is 1.20. The molecular formula is C17H17Cl2N3O2. The van der Waals surface area contributed by atoms with Gasteiger partial charge in [0.15, 0.2) is 6.61 Å². The van der Waals surface area contributed by atoms with Crippen molar-refractivity contribution in [3.8, 4) is 5.75 Å². The fourth-order valence-corrected chi connectivity index (χ4v) is 3.09. The zero-order valence-electron chi connectivity index (χ0n) is 12.9. The first kappa shape index (κ1) is 16.9. The molecule has 0 saturated carbocycles. The number of benzene rings is 1. The first-order chi connectivity index (χ1) is 11.6. The molecule has 7 heteroatoms. The Labute approximate surface area is 150 Å². The Morgan fingerprint density at radius 3 is 2.96 bits per heavy atom. The Morgan fingerprint density at radius 2 is 2.21 bits per heavy atom. The van der Waals surface area contributed by atoms with E-state index >= 15 is 0 Å². The molecule has 1 amide bonds. The number of aromatic nitrogens is 1. The van der Waals surface area contributed by atoms with Crippen molar-refractivity contribution in [2.75, 3.05) is 24.6 Å². The monoisotopic (exact) mass is 365 g/mol. The van der Waals surface area contributed by atoms with Crippen molar-refractivity contribution in [2.45, 2.75) is 12.5 Å². The number of carbonyl (C=O) groups is 1. The molecule has 5 nitrogen and oxygen atoms in total. The van der Waals surface area contributed by atoms with Crippen molar-refractivity contribution in [2.24, 2.45) is 0 Å². The zero-order valence-corrected chi connectivity index (χ0v) is 14.4. The lowest BCUT2D eigenvalue weighted by Gasteiger charge is -2.17. The van der Waals surface area contributed by atoms with Crippen molar-refractivity contribution >= 4 is 34.9 Å². The zero-order chi connectivity index (χ0) is 16.9. The largest absolute Gasteiger partial charge is 0.482 e. The Balaban J connectivity index is 1.47. The van der Waals surface area contributed by atoms with E-state index in [9.17, 15) is 4.79 Å². The van der Waals surface area contributed by atoms with E-state index < -0.39 is 0 Å². The van der Waals surface area contributed by atoms with E-state index in [4.69, 9.17) is 27.9 Å². The topological polar surface area (TPSA) is 54.5 Å². The van der Waals surface area contributed by atoms with Crippen molar-refractivity contribution in [3.63, 3.8) is 0 Å². The van der Waals surface area contributed by atoms with Gasteiger partial charge < -0.3 is 15.0 Å². The molecule has 0 radical (unpaired) electrons. The van der Waals surface area contributed by atoms with Gasteiger partial charge in [-0.25, -0.2) is 4.98 Å². The number of hydrogen-bond acceptors (Lipinski definition) is 4. The van der Waals surface area contributed by atoms with Gasteiger partial charge in [0.2, 0.25) is 0 Å². The van der Waals surface area contributed by atoms with Gasteiger partial charge in [0.25, 0.3) is 5.91 Å². The predicted octanol–water partition coefficient (Wildman–Crippen LogP) is 3.16. The number of ether oxygens (including phenoxy) is 1. The van der Waals surface area contributed by atoms with Crippen molar-refractivity contribution in [1.82, 2.24) is 10.3 Å². The highest BCUT2D eigenvalue weighted by Crippen LogP contribution is 2.27. The first-order valence-electron chi connectivity index (χ1n) is 7.65. The predicted molar refractivity (Wildman–Crippen MR) is 95.0 cm³/mol. The summed E-state index contributed by atoms with van der Waals surface area (Å²) in [5.41, 5.74) is 0. The molecule has 2 heterocycles. The van der Waals surface area contributed by atoms with Crippen LogP contribution >= 0.6 is 23.2 Å². The van der Waals surface area contributed by atoms with Crippen LogP contribution in [0.25, 0.3) is 0 Å². The van der Waals surface area contributed by atoms with Gasteiger partial charge in [0.05, 0.1) is 5.02 Å². The van der Waals surface area contributed by atoms with E-state index in [-0.39, 0.29) is 18.6 Å². The average Bonchev–Trinajstić information content (AvgIpc) is 3.03. The van der Waals surface area contributed by atoms with E-state index in [1.807, 2.05) is 18.2 Å². The maximum absolute atomic E-state index is 12.1. The molecule has 1 aromatic heterocycles. The lowest BCUT2D eigenvalue weighted by Crippen LogP contribution is -2.39. The minimum Gasteiger partial charge on any atom is -0.482 e. The molecule has 3 rings (SSSR count). The van der Waals surface area contributed by atoms with E-state index in [0.29, 0.717) is 15.8 Å². The number of carbonyl (C=O) groups excluding carboxylic acids is 1. The highest BCUT2D eigenvalue weighted by atomic mass is 35.5. The summed E-state index contributed by atoms with van der Waals surface area (Å²) >= 11 is 11.8. The van der Waals surface area contributed by atoms with Crippen LogP contribution in [0.1, 0.15) is 6.42 Å².